The van der Waals surface area contributed by atoms with Gasteiger partial charge in [0.15, 0.2) is 6.10 Å². The maximum Gasteiger partial charge on any atom is 0.344 e. The molecule has 9 rings (SSSR count). The third-order valence-corrected chi connectivity index (χ3v) is 16.2. The standard InChI is InChI=1S/C47H61N5O8/c1-9-43(48-4)24-29-25-46(41(54)58-7,37-31(16-20-51(26-29)27-43)30-14-11-12-15-34(30)49-37)33-22-32-35(23-36(33)57-6)50(5)39-45(32)18-21-52-19-13-17-44(10-2,38(45)52)40(60-28(3)53)47(39,56)42(55)59-8/h11-15,17,22-23,29,38-40,48-49,56H,9-10,16,18-21,24-27H2,1-8H3/t29-,38-,39+,40+,43-,44+,45+,46-,47-/m0/s1. The molecule has 322 valence electrons. The minimum absolute atomic E-state index is 0.0935. The van der Waals surface area contributed by atoms with E-state index in [0.717, 1.165) is 72.3 Å². The number of rotatable bonds is 8. The van der Waals surface area contributed by atoms with E-state index in [1.165, 1.54) is 21.1 Å². The molecule has 10 atom stereocenters. The van der Waals surface area contributed by atoms with Crippen LogP contribution in [-0.4, -0.2) is 135 Å². The summed E-state index contributed by atoms with van der Waals surface area (Å²) in [6, 6.07) is 11.2. The van der Waals surface area contributed by atoms with Gasteiger partial charge in [0.05, 0.1) is 27.4 Å². The van der Waals surface area contributed by atoms with Crippen molar-refractivity contribution in [3.05, 3.63) is 70.9 Å². The molecule has 3 aromatic rings. The summed E-state index contributed by atoms with van der Waals surface area (Å²) in [5.41, 5.74) is -0.372. The van der Waals surface area contributed by atoms with Crippen molar-refractivity contribution in [2.45, 2.75) is 99.5 Å². The number of hydrogen-bond acceptors (Lipinski definition) is 12. The first-order valence-electron chi connectivity index (χ1n) is 21.7. The first-order valence-corrected chi connectivity index (χ1v) is 21.7. The van der Waals surface area contributed by atoms with Gasteiger partial charge in [-0.1, -0.05) is 44.2 Å². The zero-order valence-corrected chi connectivity index (χ0v) is 36.4. The van der Waals surface area contributed by atoms with Gasteiger partial charge in [-0.3, -0.25) is 14.5 Å². The molecule has 6 aliphatic rings. The van der Waals surface area contributed by atoms with E-state index in [4.69, 9.17) is 18.9 Å². The smallest absolute Gasteiger partial charge is 0.344 e. The molecule has 1 unspecified atom stereocenters. The van der Waals surface area contributed by atoms with Crippen molar-refractivity contribution in [2.24, 2.45) is 11.3 Å². The van der Waals surface area contributed by atoms with E-state index in [-0.39, 0.29) is 23.5 Å². The summed E-state index contributed by atoms with van der Waals surface area (Å²) in [7, 11) is 8.32. The maximum atomic E-state index is 15.4. The van der Waals surface area contributed by atoms with Crippen molar-refractivity contribution in [2.75, 3.05) is 73.0 Å². The molecule has 13 nitrogen and oxygen atoms in total. The number of fused-ring (bicyclic) bond motifs is 6. The Morgan fingerprint density at radius 3 is 2.43 bits per heavy atom. The number of carbonyl (C=O) groups excluding carboxylic acids is 3. The minimum atomic E-state index is -2.28. The molecule has 3 N–H and O–H groups in total. The summed E-state index contributed by atoms with van der Waals surface area (Å²) in [4.78, 5) is 53.7. The fraction of sp³-hybridized carbons (Fsp3) is 0.596. The van der Waals surface area contributed by atoms with E-state index >= 15 is 4.79 Å². The van der Waals surface area contributed by atoms with Crippen molar-refractivity contribution in [1.82, 2.24) is 20.1 Å². The predicted octanol–water partition coefficient (Wildman–Crippen LogP) is 4.22. The zero-order chi connectivity index (χ0) is 42.6. The molecule has 13 heteroatoms. The van der Waals surface area contributed by atoms with Gasteiger partial charge in [0, 0.05) is 96.5 Å². The van der Waals surface area contributed by atoms with Gasteiger partial charge in [0.2, 0.25) is 5.60 Å². The highest BCUT2D eigenvalue weighted by Crippen LogP contribution is 2.68. The van der Waals surface area contributed by atoms with Crippen LogP contribution in [-0.2, 0) is 45.8 Å². The lowest BCUT2D eigenvalue weighted by molar-refractivity contribution is -0.228. The number of nitrogens with zero attached hydrogens (tertiary/aromatic N) is 3. The Morgan fingerprint density at radius 2 is 1.75 bits per heavy atom. The number of methoxy groups -OCH3 is 3. The highest BCUT2D eigenvalue weighted by atomic mass is 16.6. The van der Waals surface area contributed by atoms with Gasteiger partial charge in [-0.15, -0.1) is 0 Å². The maximum absolute atomic E-state index is 15.4. The van der Waals surface area contributed by atoms with E-state index in [1.807, 2.05) is 31.0 Å². The van der Waals surface area contributed by atoms with Crippen LogP contribution in [0, 0.1) is 11.3 Å². The van der Waals surface area contributed by atoms with Crippen molar-refractivity contribution in [3.8, 4) is 5.75 Å². The Labute approximate surface area is 352 Å². The quantitative estimate of drug-likeness (QED) is 0.170. The van der Waals surface area contributed by atoms with Gasteiger partial charge in [0.1, 0.15) is 11.2 Å². The van der Waals surface area contributed by atoms with E-state index in [9.17, 15) is 14.7 Å². The molecule has 3 fully saturated rings. The topological polar surface area (TPSA) is 146 Å². The number of benzene rings is 2. The molecule has 0 amide bonds. The van der Waals surface area contributed by atoms with Gasteiger partial charge in [-0.2, -0.15) is 0 Å². The molecule has 1 aliphatic carbocycles. The number of aromatic nitrogens is 1. The minimum Gasteiger partial charge on any atom is -0.496 e. The van der Waals surface area contributed by atoms with Crippen LogP contribution in [0.2, 0.25) is 0 Å². The number of ether oxygens (including phenoxy) is 4. The zero-order valence-electron chi connectivity index (χ0n) is 36.4. The number of esters is 3. The molecule has 1 saturated carbocycles. The monoisotopic (exact) mass is 823 g/mol. The first-order chi connectivity index (χ1) is 28.8. The Hall–Kier alpha value is -4.43. The lowest BCUT2D eigenvalue weighted by Crippen LogP contribution is -2.81. The van der Waals surface area contributed by atoms with Crippen molar-refractivity contribution < 1.29 is 38.4 Å². The van der Waals surface area contributed by atoms with E-state index < -0.39 is 45.9 Å². The summed E-state index contributed by atoms with van der Waals surface area (Å²) in [6.07, 6.45) is 6.97. The first kappa shape index (κ1) is 40.9. The summed E-state index contributed by atoms with van der Waals surface area (Å²) in [6.45, 7) is 9.52. The molecule has 1 spiro atoms. The number of hydrogen-bond donors (Lipinski definition) is 3. The van der Waals surface area contributed by atoms with Gasteiger partial charge in [-0.25, -0.2) is 4.79 Å². The van der Waals surface area contributed by atoms with Crippen molar-refractivity contribution in [1.29, 1.82) is 0 Å². The Bertz CT molecular complexity index is 2270. The van der Waals surface area contributed by atoms with Crippen LogP contribution in [0.25, 0.3) is 10.9 Å². The van der Waals surface area contributed by atoms with E-state index in [0.29, 0.717) is 43.7 Å². The number of para-hydroxylation sites is 1. The van der Waals surface area contributed by atoms with E-state index in [1.54, 1.807) is 7.11 Å². The van der Waals surface area contributed by atoms with Crippen LogP contribution >= 0.6 is 0 Å². The van der Waals surface area contributed by atoms with Crippen LogP contribution in [0.15, 0.2) is 48.6 Å². The van der Waals surface area contributed by atoms with Crippen molar-refractivity contribution >= 4 is 34.5 Å². The fourth-order valence-electron chi connectivity index (χ4n) is 13.9. The Morgan fingerprint density at radius 1 is 0.983 bits per heavy atom. The van der Waals surface area contributed by atoms with Gasteiger partial charge in [-0.05, 0) is 81.3 Å². The summed E-state index contributed by atoms with van der Waals surface area (Å²) < 4.78 is 24.1. The fourth-order valence-corrected chi connectivity index (χ4v) is 13.9. The number of likely N-dealkylation sites (N-methyl/N-ethyl adjacent to an activating group) is 2. The number of anilines is 1. The van der Waals surface area contributed by atoms with Gasteiger partial charge < -0.3 is 44.2 Å². The lowest BCUT2D eigenvalue weighted by atomic mass is 9.47. The number of aromatic amines is 1. The highest BCUT2D eigenvalue weighted by molar-refractivity contribution is 5.95. The Kier molecular flexibility index (Phi) is 9.77. The van der Waals surface area contributed by atoms with Crippen LogP contribution in [0.1, 0.15) is 75.3 Å². The van der Waals surface area contributed by atoms with Gasteiger partial charge in [0.25, 0.3) is 0 Å². The molecule has 60 heavy (non-hydrogen) atoms. The molecule has 0 radical (unpaired) electrons. The molecule has 2 saturated heterocycles. The SMILES string of the molecule is CC[C@]1(NC)C[C@@H]2CN(CCc3c([nH]c4ccccc34)[C@@](C(=O)OC)(c3cc4c(cc3OC)N(C)[C@H]3[C@@](O)(C(=O)OC)[C@H](OC(C)=O)[C@]5(CC)C=CCN6CC[C@]43[C@@H]65)C2)C1. The summed E-state index contributed by atoms with van der Waals surface area (Å²) >= 11 is 0. The normalized spacial score (nSPS) is 36.5. The molecule has 2 aromatic carbocycles. The van der Waals surface area contributed by atoms with Crippen LogP contribution in [0.3, 0.4) is 0 Å². The average Bonchev–Trinajstić information content (AvgIpc) is 3.92. The molecular weight excluding hydrogens is 763 g/mol. The largest absolute Gasteiger partial charge is 0.496 e. The lowest BCUT2D eigenvalue weighted by Gasteiger charge is -2.63. The number of nitrogens with one attached hydrogen (secondary N) is 2. The Balaban J connectivity index is 1.36. The number of H-pyrrole nitrogens is 1. The van der Waals surface area contributed by atoms with E-state index in [2.05, 4.69) is 70.5 Å². The number of carbonyl (C=O) groups is 3. The molecule has 1 aromatic heterocycles. The predicted molar refractivity (Wildman–Crippen MR) is 227 cm³/mol. The second-order valence-corrected chi connectivity index (χ2v) is 18.5. The van der Waals surface area contributed by atoms with Crippen LogP contribution < -0.4 is 15.0 Å². The van der Waals surface area contributed by atoms with Gasteiger partial charge >= 0.3 is 17.9 Å². The number of piperidine rings is 1. The highest BCUT2D eigenvalue weighted by Gasteiger charge is 2.80. The number of aliphatic hydroxyl groups is 1. The molecule has 5 aliphatic heterocycles. The third kappa shape index (κ3) is 5.21. The average molecular weight is 824 g/mol. The summed E-state index contributed by atoms with van der Waals surface area (Å²) in [5.74, 6) is -1.22. The molecular formula is C47H61N5O8. The second kappa shape index (κ2) is 14.3. The molecule has 2 bridgehead atoms. The van der Waals surface area contributed by atoms with Crippen LogP contribution in [0.4, 0.5) is 5.69 Å². The van der Waals surface area contributed by atoms with Crippen LogP contribution in [0.5, 0.6) is 5.75 Å². The second-order valence-electron chi connectivity index (χ2n) is 18.5. The summed E-state index contributed by atoms with van der Waals surface area (Å²) in [5, 5.41) is 18.1. The van der Waals surface area contributed by atoms with Crippen molar-refractivity contribution in [3.63, 3.8) is 0 Å². The third-order valence-electron chi connectivity index (χ3n) is 16.2. The molecule has 6 heterocycles.